The van der Waals surface area contributed by atoms with Crippen LogP contribution in [0.4, 0.5) is 0 Å². The molecule has 0 spiro atoms. The smallest absolute Gasteiger partial charge is 0.259 e. The zero-order valence-electron chi connectivity index (χ0n) is 21.5. The first-order valence-electron chi connectivity index (χ1n) is 13.3. The molecule has 2 saturated carbocycles. The number of aliphatic hydroxyl groups excluding tert-OH is 2. The normalized spacial score (nSPS) is 41.2. The quantitative estimate of drug-likeness (QED) is 0.344. The van der Waals surface area contributed by atoms with E-state index >= 15 is 0 Å². The SMILES string of the molecule is CC(O)[C@]1(O)C[C@H]2C[C@H]3/C=C/C=C/C(=O)NCCC[C@@H]4NC(=O)C(=C(O)/C=C/C=C/C[C@@H]3[C@H]2[C@@H]1C)C4=O. The van der Waals surface area contributed by atoms with Crippen molar-refractivity contribution in [3.8, 4) is 0 Å². The summed E-state index contributed by atoms with van der Waals surface area (Å²) in [5.74, 6) is -0.676. The highest BCUT2D eigenvalue weighted by Crippen LogP contribution is 2.59. The van der Waals surface area contributed by atoms with Gasteiger partial charge in [-0.05, 0) is 74.7 Å². The van der Waals surface area contributed by atoms with E-state index in [1.165, 1.54) is 12.2 Å². The molecule has 1 unspecified atom stereocenters. The summed E-state index contributed by atoms with van der Waals surface area (Å²) in [5, 5.41) is 37.3. The predicted octanol–water partition coefficient (Wildman–Crippen LogP) is 2.41. The third-order valence-electron chi connectivity index (χ3n) is 8.79. The van der Waals surface area contributed by atoms with E-state index < -0.39 is 29.4 Å². The first-order chi connectivity index (χ1) is 17.6. The highest BCUT2D eigenvalue weighted by Gasteiger charge is 2.58. The zero-order chi connectivity index (χ0) is 26.7. The molecule has 0 radical (unpaired) electrons. The second-order valence-corrected chi connectivity index (χ2v) is 10.9. The maximum Gasteiger partial charge on any atom is 0.259 e. The van der Waals surface area contributed by atoms with E-state index in [-0.39, 0.29) is 40.9 Å². The molecule has 0 aromatic rings. The van der Waals surface area contributed by atoms with Crippen LogP contribution >= 0.6 is 0 Å². The Balaban J connectivity index is 1.58. The van der Waals surface area contributed by atoms with Gasteiger partial charge < -0.3 is 26.0 Å². The van der Waals surface area contributed by atoms with Crippen molar-refractivity contribution in [2.75, 3.05) is 6.54 Å². The summed E-state index contributed by atoms with van der Waals surface area (Å²) in [6.07, 6.45) is 16.3. The Kier molecular flexibility index (Phi) is 8.19. The summed E-state index contributed by atoms with van der Waals surface area (Å²) in [6, 6.07) is -0.713. The highest BCUT2D eigenvalue weighted by atomic mass is 16.3. The molecule has 2 aliphatic carbocycles. The van der Waals surface area contributed by atoms with Crippen LogP contribution in [0.1, 0.15) is 46.0 Å². The number of aliphatic hydroxyl groups is 3. The Morgan fingerprint density at radius 3 is 2.62 bits per heavy atom. The van der Waals surface area contributed by atoms with Crippen LogP contribution < -0.4 is 10.6 Å². The summed E-state index contributed by atoms with van der Waals surface area (Å²) < 4.78 is 0. The summed E-state index contributed by atoms with van der Waals surface area (Å²) in [7, 11) is 0. The van der Waals surface area contributed by atoms with E-state index in [1.54, 1.807) is 25.2 Å². The van der Waals surface area contributed by atoms with Crippen LogP contribution in [0.2, 0.25) is 0 Å². The van der Waals surface area contributed by atoms with Crippen LogP contribution in [0, 0.1) is 29.6 Å². The van der Waals surface area contributed by atoms with Gasteiger partial charge >= 0.3 is 0 Å². The molecule has 4 aliphatic rings. The molecule has 200 valence electrons. The van der Waals surface area contributed by atoms with Gasteiger partial charge in [0.25, 0.3) is 5.91 Å². The third-order valence-corrected chi connectivity index (χ3v) is 8.79. The average Bonchev–Trinajstić information content (AvgIpc) is 3.41. The Hall–Kier alpha value is -2.97. The van der Waals surface area contributed by atoms with E-state index in [9.17, 15) is 29.7 Å². The summed E-state index contributed by atoms with van der Waals surface area (Å²) in [4.78, 5) is 37.1. The van der Waals surface area contributed by atoms with Gasteiger partial charge in [0, 0.05) is 12.6 Å². The Labute approximate surface area is 217 Å². The molecule has 2 heterocycles. The molecule has 2 bridgehead atoms. The van der Waals surface area contributed by atoms with E-state index in [1.807, 2.05) is 19.1 Å². The van der Waals surface area contributed by atoms with Gasteiger partial charge in [-0.1, -0.05) is 43.4 Å². The number of rotatable bonds is 1. The highest BCUT2D eigenvalue weighted by molar-refractivity contribution is 6.27. The number of hydrogen-bond acceptors (Lipinski definition) is 6. The molecule has 37 heavy (non-hydrogen) atoms. The number of carbonyl (C=O) groups is 3. The molecule has 0 aromatic carbocycles. The number of ketones is 1. The van der Waals surface area contributed by atoms with E-state index in [4.69, 9.17) is 0 Å². The lowest BCUT2D eigenvalue weighted by Crippen LogP contribution is -2.45. The number of carbonyl (C=O) groups excluding carboxylic acids is 3. The maximum absolute atomic E-state index is 12.6. The topological polar surface area (TPSA) is 136 Å². The van der Waals surface area contributed by atoms with Gasteiger partial charge in [-0.25, -0.2) is 0 Å². The summed E-state index contributed by atoms with van der Waals surface area (Å²) in [5.41, 5.74) is -1.34. The number of amides is 2. The first-order valence-corrected chi connectivity index (χ1v) is 13.3. The average molecular weight is 511 g/mol. The standard InChI is InChI=1S/C29H38N2O6/c1-17-25-20(16-29(17,37)18(2)32)15-19-9-6-7-13-24(34)30-14-8-11-22-27(35)26(28(36)31-22)23(33)12-5-3-4-10-21(19)25/h3-7,9,12-13,17-22,25,32-33,37H,8,10-11,14-16H2,1-2H3,(H,30,34)(H,31,36)/b4-3+,9-6+,12-5+,13-7+,26-23?/t17-,18?,19+,20+,21-,22-,25-,29-/m0/s1. The van der Waals surface area contributed by atoms with Crippen molar-refractivity contribution in [2.24, 2.45) is 29.6 Å². The van der Waals surface area contributed by atoms with Gasteiger partial charge in [0.2, 0.25) is 5.91 Å². The van der Waals surface area contributed by atoms with Crippen molar-refractivity contribution in [3.05, 3.63) is 59.9 Å². The number of fused-ring (bicyclic) bond motifs is 5. The molecule has 4 rings (SSSR count). The Bertz CT molecular complexity index is 1070. The molecular formula is C29H38N2O6. The molecule has 8 nitrogen and oxygen atoms in total. The minimum Gasteiger partial charge on any atom is -0.507 e. The van der Waals surface area contributed by atoms with Gasteiger partial charge in [0.05, 0.1) is 17.7 Å². The number of hydrogen-bond donors (Lipinski definition) is 5. The summed E-state index contributed by atoms with van der Waals surface area (Å²) >= 11 is 0. The second kappa shape index (κ2) is 11.2. The van der Waals surface area contributed by atoms with Crippen molar-refractivity contribution in [3.63, 3.8) is 0 Å². The van der Waals surface area contributed by atoms with E-state index in [0.717, 1.165) is 12.8 Å². The molecule has 5 N–H and O–H groups in total. The van der Waals surface area contributed by atoms with Crippen molar-refractivity contribution in [2.45, 2.75) is 63.7 Å². The first kappa shape index (κ1) is 27.1. The largest absolute Gasteiger partial charge is 0.507 e. The fourth-order valence-corrected chi connectivity index (χ4v) is 6.86. The minimum atomic E-state index is -1.10. The predicted molar refractivity (Wildman–Crippen MR) is 139 cm³/mol. The molecule has 8 atom stereocenters. The maximum atomic E-state index is 12.6. The molecule has 2 aliphatic heterocycles. The molecule has 2 amide bonds. The van der Waals surface area contributed by atoms with Crippen molar-refractivity contribution in [1.82, 2.24) is 10.6 Å². The fraction of sp³-hybridized carbons (Fsp3) is 0.552. The number of nitrogens with one attached hydrogen (secondary N) is 2. The number of allylic oxidation sites excluding steroid dienone is 7. The fourth-order valence-electron chi connectivity index (χ4n) is 6.86. The van der Waals surface area contributed by atoms with E-state index in [2.05, 4.69) is 16.7 Å². The van der Waals surface area contributed by atoms with Crippen molar-refractivity contribution in [1.29, 1.82) is 0 Å². The van der Waals surface area contributed by atoms with Gasteiger partial charge in [-0.15, -0.1) is 0 Å². The lowest BCUT2D eigenvalue weighted by Gasteiger charge is -2.35. The molecule has 0 aromatic heterocycles. The molecule has 3 fully saturated rings. The van der Waals surface area contributed by atoms with Gasteiger partial charge in [-0.2, -0.15) is 0 Å². The van der Waals surface area contributed by atoms with Crippen LogP contribution in [0.3, 0.4) is 0 Å². The Morgan fingerprint density at radius 2 is 1.86 bits per heavy atom. The molecule has 1 saturated heterocycles. The van der Waals surface area contributed by atoms with Crippen molar-refractivity contribution < 1.29 is 29.7 Å². The van der Waals surface area contributed by atoms with Crippen LogP contribution in [-0.4, -0.2) is 57.2 Å². The van der Waals surface area contributed by atoms with E-state index in [0.29, 0.717) is 31.7 Å². The van der Waals surface area contributed by atoms with Crippen LogP contribution in [-0.2, 0) is 14.4 Å². The molecule has 8 heteroatoms. The van der Waals surface area contributed by atoms with Crippen LogP contribution in [0.5, 0.6) is 0 Å². The third kappa shape index (κ3) is 5.50. The van der Waals surface area contributed by atoms with Gasteiger partial charge in [0.15, 0.2) is 5.78 Å². The minimum absolute atomic E-state index is 0.0645. The zero-order valence-corrected chi connectivity index (χ0v) is 21.5. The lowest BCUT2D eigenvalue weighted by atomic mass is 9.75. The lowest BCUT2D eigenvalue weighted by molar-refractivity contribution is -0.118. The second-order valence-electron chi connectivity index (χ2n) is 10.9. The van der Waals surface area contributed by atoms with Gasteiger partial charge in [-0.3, -0.25) is 14.4 Å². The van der Waals surface area contributed by atoms with Gasteiger partial charge in [0.1, 0.15) is 11.3 Å². The van der Waals surface area contributed by atoms with Crippen LogP contribution in [0.15, 0.2) is 59.9 Å². The monoisotopic (exact) mass is 510 g/mol. The Morgan fingerprint density at radius 1 is 1.11 bits per heavy atom. The molecular weight excluding hydrogens is 472 g/mol. The summed E-state index contributed by atoms with van der Waals surface area (Å²) in [6.45, 7) is 4.04. The van der Waals surface area contributed by atoms with Crippen LogP contribution in [0.25, 0.3) is 0 Å². The van der Waals surface area contributed by atoms with Crippen molar-refractivity contribution >= 4 is 17.6 Å². The number of Topliss-reactive ketones (excluding diaryl/α,β-unsaturated/α-hetero) is 1.